The molecule has 1 atom stereocenters. The fourth-order valence-corrected chi connectivity index (χ4v) is 1.83. The summed E-state index contributed by atoms with van der Waals surface area (Å²) in [6, 6.07) is 1.50. The van der Waals surface area contributed by atoms with Crippen molar-refractivity contribution in [1.82, 2.24) is 9.97 Å². The second kappa shape index (κ2) is 4.67. The van der Waals surface area contributed by atoms with Crippen molar-refractivity contribution < 1.29 is 5.11 Å². The van der Waals surface area contributed by atoms with Gasteiger partial charge in [0.25, 0.3) is 0 Å². The van der Waals surface area contributed by atoms with Crippen molar-refractivity contribution in [2.24, 2.45) is 0 Å². The number of aliphatic hydroxyl groups is 1. The molecule has 0 saturated heterocycles. The third-order valence-electron chi connectivity index (χ3n) is 2.02. The van der Waals surface area contributed by atoms with Crippen LogP contribution in [0.3, 0.4) is 0 Å². The van der Waals surface area contributed by atoms with E-state index in [2.05, 4.69) is 9.97 Å². The van der Waals surface area contributed by atoms with Crippen molar-refractivity contribution in [3.8, 4) is 0 Å². The maximum Gasteiger partial charge on any atom is 0.191 e. The lowest BCUT2D eigenvalue weighted by Gasteiger charge is -2.19. The molecule has 1 aromatic heterocycles. The summed E-state index contributed by atoms with van der Waals surface area (Å²) < 4.78 is 0. The molecule has 0 aliphatic rings. The Morgan fingerprint density at radius 2 is 1.93 bits per heavy atom. The van der Waals surface area contributed by atoms with Crippen LogP contribution in [-0.2, 0) is 0 Å². The van der Waals surface area contributed by atoms with Gasteiger partial charge in [0.1, 0.15) is 11.6 Å². The van der Waals surface area contributed by atoms with Crippen molar-refractivity contribution in [3.63, 3.8) is 0 Å². The Bertz CT molecular complexity index is 323. The van der Waals surface area contributed by atoms with Crippen molar-refractivity contribution in [3.05, 3.63) is 6.07 Å². The molecule has 5 nitrogen and oxygen atoms in total. The first-order valence-electron chi connectivity index (χ1n) is 4.68. The van der Waals surface area contributed by atoms with E-state index in [1.165, 1.54) is 17.8 Å². The molecule has 6 heteroatoms. The minimum Gasteiger partial charge on any atom is -0.389 e. The van der Waals surface area contributed by atoms with E-state index < -0.39 is 5.60 Å². The highest BCUT2D eigenvalue weighted by Crippen LogP contribution is 2.22. The van der Waals surface area contributed by atoms with Crippen LogP contribution >= 0.6 is 11.8 Å². The highest BCUT2D eigenvalue weighted by Gasteiger charge is 2.18. The van der Waals surface area contributed by atoms with Crippen LogP contribution in [0.2, 0.25) is 0 Å². The quantitative estimate of drug-likeness (QED) is 0.523. The normalized spacial score (nSPS) is 14.9. The van der Waals surface area contributed by atoms with Gasteiger partial charge in [-0.3, -0.25) is 0 Å². The molecule has 84 valence electrons. The van der Waals surface area contributed by atoms with Gasteiger partial charge in [0.05, 0.1) is 5.60 Å². The summed E-state index contributed by atoms with van der Waals surface area (Å²) >= 11 is 1.35. The van der Waals surface area contributed by atoms with Crippen molar-refractivity contribution in [1.29, 1.82) is 0 Å². The maximum absolute atomic E-state index is 9.78. The summed E-state index contributed by atoms with van der Waals surface area (Å²) in [6.45, 7) is 3.70. The van der Waals surface area contributed by atoms with Gasteiger partial charge in [0.2, 0.25) is 0 Å². The van der Waals surface area contributed by atoms with Crippen LogP contribution < -0.4 is 11.5 Å². The van der Waals surface area contributed by atoms with Crippen LogP contribution in [0.15, 0.2) is 11.2 Å². The van der Waals surface area contributed by atoms with E-state index in [4.69, 9.17) is 11.5 Å². The first-order valence-corrected chi connectivity index (χ1v) is 5.67. The largest absolute Gasteiger partial charge is 0.389 e. The fourth-order valence-electron chi connectivity index (χ4n) is 0.849. The smallest absolute Gasteiger partial charge is 0.191 e. The minimum atomic E-state index is -0.715. The lowest BCUT2D eigenvalue weighted by atomic mass is 10.1. The molecule has 15 heavy (non-hydrogen) atoms. The first-order chi connectivity index (χ1) is 6.93. The predicted molar refractivity (Wildman–Crippen MR) is 62.5 cm³/mol. The molecule has 0 aliphatic carbocycles. The summed E-state index contributed by atoms with van der Waals surface area (Å²) in [5.74, 6) is 1.22. The van der Waals surface area contributed by atoms with Gasteiger partial charge in [-0.15, -0.1) is 0 Å². The monoisotopic (exact) mass is 228 g/mol. The number of nitrogens with two attached hydrogens (primary N) is 2. The molecular weight excluding hydrogens is 212 g/mol. The Balaban J connectivity index is 2.65. The zero-order chi connectivity index (χ0) is 11.5. The van der Waals surface area contributed by atoms with Crippen molar-refractivity contribution >= 4 is 23.4 Å². The molecule has 0 bridgehead atoms. The number of anilines is 2. The lowest BCUT2D eigenvalue weighted by molar-refractivity contribution is 0.0815. The fraction of sp³-hybridized carbons (Fsp3) is 0.556. The molecule has 0 saturated carbocycles. The van der Waals surface area contributed by atoms with E-state index >= 15 is 0 Å². The van der Waals surface area contributed by atoms with Crippen LogP contribution in [-0.4, -0.2) is 26.4 Å². The van der Waals surface area contributed by atoms with E-state index in [1.54, 1.807) is 6.92 Å². The Morgan fingerprint density at radius 1 is 1.40 bits per heavy atom. The molecule has 0 radical (unpaired) electrons. The summed E-state index contributed by atoms with van der Waals surface area (Å²) in [6.07, 6.45) is 0.678. The standard InChI is InChI=1S/C9H16N4OS/c1-3-9(2,14)5-15-8-12-6(10)4-7(11)13-8/h4,14H,3,5H2,1-2H3,(H4,10,11,12,13). The van der Waals surface area contributed by atoms with Gasteiger partial charge in [-0.2, -0.15) is 0 Å². The zero-order valence-electron chi connectivity index (χ0n) is 8.90. The van der Waals surface area contributed by atoms with Crippen LogP contribution in [0.5, 0.6) is 0 Å². The molecule has 0 aromatic carbocycles. The Kier molecular flexibility index (Phi) is 3.76. The average Bonchev–Trinajstić information content (AvgIpc) is 2.14. The molecule has 1 heterocycles. The number of aromatic nitrogens is 2. The van der Waals surface area contributed by atoms with Crippen LogP contribution in [0.1, 0.15) is 20.3 Å². The topological polar surface area (TPSA) is 98.0 Å². The van der Waals surface area contributed by atoms with Gasteiger partial charge in [0, 0.05) is 11.8 Å². The second-order valence-electron chi connectivity index (χ2n) is 3.64. The number of nitrogen functional groups attached to an aromatic ring is 2. The van der Waals surface area contributed by atoms with Crippen molar-refractivity contribution in [2.75, 3.05) is 17.2 Å². The van der Waals surface area contributed by atoms with Gasteiger partial charge in [-0.05, 0) is 13.3 Å². The first kappa shape index (κ1) is 12.1. The van der Waals surface area contributed by atoms with Gasteiger partial charge < -0.3 is 16.6 Å². The number of hydrogen-bond donors (Lipinski definition) is 3. The number of rotatable bonds is 4. The van der Waals surface area contributed by atoms with E-state index in [9.17, 15) is 5.11 Å². The van der Waals surface area contributed by atoms with E-state index in [0.29, 0.717) is 29.0 Å². The molecule has 1 unspecified atom stereocenters. The number of thioether (sulfide) groups is 1. The third kappa shape index (κ3) is 3.93. The van der Waals surface area contributed by atoms with Gasteiger partial charge in [-0.1, -0.05) is 18.7 Å². The Morgan fingerprint density at radius 3 is 2.40 bits per heavy atom. The second-order valence-corrected chi connectivity index (χ2v) is 4.58. The van der Waals surface area contributed by atoms with Crippen LogP contribution in [0.4, 0.5) is 11.6 Å². The molecule has 1 aromatic rings. The molecule has 0 fully saturated rings. The number of nitrogens with zero attached hydrogens (tertiary/aromatic N) is 2. The predicted octanol–water partition coefficient (Wildman–Crippen LogP) is 0.894. The molecule has 0 amide bonds. The molecular formula is C9H16N4OS. The lowest BCUT2D eigenvalue weighted by Crippen LogP contribution is -2.25. The summed E-state index contributed by atoms with van der Waals surface area (Å²) in [7, 11) is 0. The van der Waals surface area contributed by atoms with Gasteiger partial charge in [0.15, 0.2) is 5.16 Å². The maximum atomic E-state index is 9.78. The Labute approximate surface area is 93.3 Å². The van der Waals surface area contributed by atoms with E-state index in [0.717, 1.165) is 0 Å². The van der Waals surface area contributed by atoms with Crippen molar-refractivity contribution in [2.45, 2.75) is 31.0 Å². The number of hydrogen-bond acceptors (Lipinski definition) is 6. The van der Waals surface area contributed by atoms with Gasteiger partial charge >= 0.3 is 0 Å². The highest BCUT2D eigenvalue weighted by molar-refractivity contribution is 7.99. The SMILES string of the molecule is CCC(C)(O)CSc1nc(N)cc(N)n1. The minimum absolute atomic E-state index is 0.348. The summed E-state index contributed by atoms with van der Waals surface area (Å²) in [5.41, 5.74) is 10.3. The van der Waals surface area contributed by atoms with E-state index in [-0.39, 0.29) is 0 Å². The van der Waals surface area contributed by atoms with Crippen LogP contribution in [0, 0.1) is 0 Å². The Hall–Kier alpha value is -1.01. The van der Waals surface area contributed by atoms with Gasteiger partial charge in [-0.25, -0.2) is 9.97 Å². The summed E-state index contributed by atoms with van der Waals surface area (Å²) in [5, 5.41) is 10.3. The molecule has 1 rings (SSSR count). The molecule has 0 spiro atoms. The third-order valence-corrected chi connectivity index (χ3v) is 3.23. The van der Waals surface area contributed by atoms with E-state index in [1.807, 2.05) is 6.92 Å². The molecule has 5 N–H and O–H groups in total. The average molecular weight is 228 g/mol. The van der Waals surface area contributed by atoms with Crippen LogP contribution in [0.25, 0.3) is 0 Å². The highest BCUT2D eigenvalue weighted by atomic mass is 32.2. The molecule has 0 aliphatic heterocycles. The summed E-state index contributed by atoms with van der Waals surface area (Å²) in [4.78, 5) is 8.02. The zero-order valence-corrected chi connectivity index (χ0v) is 9.71.